The predicted molar refractivity (Wildman–Crippen MR) is 152 cm³/mol. The van der Waals surface area contributed by atoms with Crippen LogP contribution in [0.5, 0.6) is 5.75 Å². The van der Waals surface area contributed by atoms with Crippen LogP contribution in [0.2, 0.25) is 0 Å². The zero-order chi connectivity index (χ0) is 30.4. The van der Waals surface area contributed by atoms with E-state index < -0.39 is 47.6 Å². The number of carbonyl (C=O) groups is 3. The highest BCUT2D eigenvalue weighted by Gasteiger charge is 2.58. The molecule has 0 bridgehead atoms. The molecule has 0 aromatic heterocycles. The van der Waals surface area contributed by atoms with Gasteiger partial charge in [0.15, 0.2) is 0 Å². The van der Waals surface area contributed by atoms with Gasteiger partial charge in [-0.1, -0.05) is 20.1 Å². The average molecular weight is 585 g/mol. The molecule has 1 aliphatic rings. The molecule has 0 saturated carbocycles. The van der Waals surface area contributed by atoms with Crippen molar-refractivity contribution < 1.29 is 43.7 Å². The molecule has 0 aliphatic carbocycles. The lowest BCUT2D eigenvalue weighted by Crippen LogP contribution is -2.69. The molecular weight excluding hydrogens is 539 g/mol. The zero-order valence-corrected chi connectivity index (χ0v) is 25.7. The maximum absolute atomic E-state index is 13.9. The molecule has 1 saturated heterocycles. The molecule has 2 N–H and O–H groups in total. The van der Waals surface area contributed by atoms with Gasteiger partial charge in [-0.25, -0.2) is 24.1 Å². The third-order valence-electron chi connectivity index (χ3n) is 6.38. The second-order valence-corrected chi connectivity index (χ2v) is 14.5. The van der Waals surface area contributed by atoms with Gasteiger partial charge in [0.25, 0.3) is 0 Å². The lowest BCUT2D eigenvalue weighted by atomic mass is 9.93. The highest BCUT2D eigenvalue weighted by Crippen LogP contribution is 2.52. The van der Waals surface area contributed by atoms with E-state index in [2.05, 4.69) is 0 Å². The van der Waals surface area contributed by atoms with Crippen molar-refractivity contribution in [3.63, 3.8) is 0 Å². The minimum absolute atomic E-state index is 0.0106. The molecule has 2 amide bonds. The number of quaternary nitrogens is 1. The van der Waals surface area contributed by atoms with Gasteiger partial charge in [0.05, 0.1) is 0 Å². The van der Waals surface area contributed by atoms with Gasteiger partial charge in [0, 0.05) is 25.3 Å². The Labute approximate surface area is 238 Å². The molecule has 40 heavy (non-hydrogen) atoms. The van der Waals surface area contributed by atoms with Gasteiger partial charge in [-0.2, -0.15) is 4.81 Å². The monoisotopic (exact) mass is 584 g/mol. The van der Waals surface area contributed by atoms with Crippen LogP contribution in [0.3, 0.4) is 0 Å². The molecule has 0 spiro atoms. The second kappa shape index (κ2) is 13.5. The fraction of sp³-hybridized carbons (Fsp3) is 0.679. The van der Waals surface area contributed by atoms with Crippen molar-refractivity contribution in [2.75, 3.05) is 32.0 Å². The summed E-state index contributed by atoms with van der Waals surface area (Å²) in [5, 5.41) is 33.9. The summed E-state index contributed by atoms with van der Waals surface area (Å²) in [5.41, 5.74) is -2.42. The normalized spacial score (nSPS) is 23.4. The Kier molecular flexibility index (Phi) is 11.4. The summed E-state index contributed by atoms with van der Waals surface area (Å²) >= 11 is 0. The quantitative estimate of drug-likeness (QED) is 0.150. The van der Waals surface area contributed by atoms with Crippen molar-refractivity contribution in [1.82, 2.24) is 4.90 Å². The first-order valence-electron chi connectivity index (χ1n) is 13.6. The summed E-state index contributed by atoms with van der Waals surface area (Å²) in [7, 11) is -0.849. The van der Waals surface area contributed by atoms with Gasteiger partial charge in [-0.05, 0) is 85.2 Å². The maximum Gasteiger partial charge on any atom is 0.419 e. The van der Waals surface area contributed by atoms with Crippen LogP contribution in [0.25, 0.3) is 0 Å². The van der Waals surface area contributed by atoms with Crippen LogP contribution in [-0.4, -0.2) is 86.8 Å². The van der Waals surface area contributed by atoms with Gasteiger partial charge >= 0.3 is 18.2 Å². The molecule has 3 unspecified atom stereocenters. The number of nitrogens with zero attached hydrogens (tertiary/aromatic N) is 2. The number of hydroxylamine groups is 4. The second-order valence-electron chi connectivity index (χ2n) is 12.1. The number of imide groups is 1. The third kappa shape index (κ3) is 9.29. The number of aromatic hydroxyl groups is 1. The Bertz CT molecular complexity index is 994. The number of unbranched alkanes of at least 4 members (excludes halogenated alkanes) is 1. The number of phenols is 1. The molecule has 12 heteroatoms. The highest BCUT2D eigenvalue weighted by atomic mass is 31.1. The Morgan fingerprint density at radius 1 is 1.02 bits per heavy atom. The van der Waals surface area contributed by atoms with Crippen molar-refractivity contribution in [3.05, 3.63) is 35.0 Å². The van der Waals surface area contributed by atoms with E-state index in [-0.39, 0.29) is 50.9 Å². The Balaban J connectivity index is 2.21. The molecule has 1 aromatic carbocycles. The number of ether oxygens (including phenoxy) is 2. The molecule has 11 nitrogen and oxygen atoms in total. The number of benzene rings is 1. The maximum atomic E-state index is 13.9. The van der Waals surface area contributed by atoms with Crippen molar-refractivity contribution in [2.24, 2.45) is 0 Å². The SMILES string of the molecule is CCO[N+]1([O-])CCP(Cc2ccc(O)cc2)CC1(CCCCN(C(=O)OC(C)(C)C)C(=O)OC(C)(C)C)C(=O)O. The number of phenolic OH excluding ortho intramolecular Hbond substituents is 1. The molecular formula is C28H45N2O9P. The summed E-state index contributed by atoms with van der Waals surface area (Å²) in [6.07, 6.45) is 0.158. The van der Waals surface area contributed by atoms with E-state index in [4.69, 9.17) is 14.3 Å². The lowest BCUT2D eigenvalue weighted by Gasteiger charge is -2.55. The van der Waals surface area contributed by atoms with E-state index in [1.165, 1.54) is 0 Å². The van der Waals surface area contributed by atoms with Gasteiger partial charge in [-0.3, -0.25) is 0 Å². The summed E-state index contributed by atoms with van der Waals surface area (Å²) in [5.74, 6) is -1.07. The molecule has 2 rings (SSSR count). The van der Waals surface area contributed by atoms with E-state index in [1.54, 1.807) is 72.7 Å². The van der Waals surface area contributed by atoms with Crippen molar-refractivity contribution in [1.29, 1.82) is 0 Å². The van der Waals surface area contributed by atoms with Crippen LogP contribution >= 0.6 is 7.92 Å². The minimum atomic E-state index is -1.72. The van der Waals surface area contributed by atoms with Crippen molar-refractivity contribution in [2.45, 2.75) is 90.6 Å². The first-order chi connectivity index (χ1) is 18.4. The molecule has 1 aliphatic heterocycles. The number of amides is 2. The summed E-state index contributed by atoms with van der Waals surface area (Å²) in [6.45, 7) is 11.8. The van der Waals surface area contributed by atoms with E-state index in [1.807, 2.05) is 0 Å². The molecule has 0 radical (unpaired) electrons. The lowest BCUT2D eigenvalue weighted by molar-refractivity contribution is -1.10. The predicted octanol–water partition coefficient (Wildman–Crippen LogP) is 5.82. The van der Waals surface area contributed by atoms with E-state index >= 15 is 0 Å². The van der Waals surface area contributed by atoms with E-state index in [9.17, 15) is 29.8 Å². The van der Waals surface area contributed by atoms with Crippen LogP contribution in [-0.2, 0) is 25.3 Å². The van der Waals surface area contributed by atoms with Crippen LogP contribution < -0.4 is 0 Å². The van der Waals surface area contributed by atoms with Gasteiger partial charge in [0.2, 0.25) is 5.54 Å². The number of carboxylic acid groups (broad SMARTS) is 1. The Hall–Kier alpha value is -2.46. The summed E-state index contributed by atoms with van der Waals surface area (Å²) in [6, 6.07) is 6.79. The average Bonchev–Trinajstić information content (AvgIpc) is 2.80. The Morgan fingerprint density at radius 2 is 1.57 bits per heavy atom. The van der Waals surface area contributed by atoms with Crippen LogP contribution in [0.15, 0.2) is 24.3 Å². The van der Waals surface area contributed by atoms with Crippen LogP contribution in [0.4, 0.5) is 9.59 Å². The standard InChI is InChI=1S/C28H45N2O9P/c1-8-37-30(36)17-18-40(19-21-11-13-22(31)14-12-21)20-28(30,23(32)33)15-9-10-16-29(24(34)38-26(2,3)4)25(35)39-27(5,6)7/h11-14,31H,8-10,15-20H2,1-7H3,(H,32,33). The van der Waals surface area contributed by atoms with Crippen molar-refractivity contribution in [3.8, 4) is 5.75 Å². The molecule has 3 atom stereocenters. The summed E-state index contributed by atoms with van der Waals surface area (Å²) < 4.78 is 10.8. The number of carbonyl (C=O) groups excluding carboxylic acids is 2. The molecule has 1 heterocycles. The fourth-order valence-electron chi connectivity index (χ4n) is 4.58. The highest BCUT2D eigenvalue weighted by molar-refractivity contribution is 7.57. The van der Waals surface area contributed by atoms with Gasteiger partial charge in [-0.15, -0.1) is 0 Å². The van der Waals surface area contributed by atoms with E-state index in [0.29, 0.717) is 12.3 Å². The number of rotatable bonds is 10. The minimum Gasteiger partial charge on any atom is -0.597 e. The number of hydrogen-bond acceptors (Lipinski definition) is 8. The van der Waals surface area contributed by atoms with Crippen LogP contribution in [0, 0.1) is 5.21 Å². The van der Waals surface area contributed by atoms with Crippen molar-refractivity contribution >= 4 is 26.1 Å². The fourth-order valence-corrected chi connectivity index (χ4v) is 7.53. The van der Waals surface area contributed by atoms with Crippen LogP contribution in [0.1, 0.15) is 73.3 Å². The van der Waals surface area contributed by atoms with Gasteiger partial charge < -0.3 is 24.9 Å². The summed E-state index contributed by atoms with van der Waals surface area (Å²) in [4.78, 5) is 43.6. The zero-order valence-electron chi connectivity index (χ0n) is 24.8. The van der Waals surface area contributed by atoms with Gasteiger partial charge in [0.1, 0.15) is 30.1 Å². The number of aliphatic carboxylic acids is 1. The largest absolute Gasteiger partial charge is 0.597 e. The number of carboxylic acids is 1. The molecule has 1 fully saturated rings. The topological polar surface area (TPSA) is 146 Å². The third-order valence-corrected chi connectivity index (χ3v) is 8.99. The number of hydrogen-bond donors (Lipinski definition) is 2. The molecule has 226 valence electrons. The van der Waals surface area contributed by atoms with E-state index in [0.717, 1.165) is 10.5 Å². The Morgan fingerprint density at radius 3 is 2.05 bits per heavy atom. The molecule has 1 aromatic rings. The first-order valence-corrected chi connectivity index (χ1v) is 15.5. The smallest absolute Gasteiger partial charge is 0.419 e. The first kappa shape index (κ1) is 33.7.